The summed E-state index contributed by atoms with van der Waals surface area (Å²) in [5, 5.41) is 5.59. The number of halogens is 1. The zero-order valence-corrected chi connectivity index (χ0v) is 10.6. The summed E-state index contributed by atoms with van der Waals surface area (Å²) in [6.07, 6.45) is 1.06. The Morgan fingerprint density at radius 1 is 1.24 bits per heavy atom. The smallest absolute Gasteiger partial charge is 0.123 e. The molecule has 1 unspecified atom stereocenters. The van der Waals surface area contributed by atoms with Crippen LogP contribution >= 0.6 is 11.3 Å². The van der Waals surface area contributed by atoms with Gasteiger partial charge in [0.1, 0.15) is 5.82 Å². The van der Waals surface area contributed by atoms with Crippen molar-refractivity contribution in [3.05, 3.63) is 58.0 Å². The molecular formula is C14H16FNS. The number of thiophene rings is 1. The third-order valence-electron chi connectivity index (χ3n) is 2.76. The van der Waals surface area contributed by atoms with E-state index < -0.39 is 0 Å². The van der Waals surface area contributed by atoms with Crippen molar-refractivity contribution < 1.29 is 4.39 Å². The largest absolute Gasteiger partial charge is 0.305 e. The Bertz CT molecular complexity index is 436. The fourth-order valence-corrected chi connectivity index (χ4v) is 2.66. The molecule has 1 atom stereocenters. The number of hydrogen-bond donors (Lipinski definition) is 1. The Morgan fingerprint density at radius 2 is 2.00 bits per heavy atom. The molecule has 90 valence electrons. The molecule has 1 heterocycles. The maximum Gasteiger partial charge on any atom is 0.123 e. The van der Waals surface area contributed by atoms with Gasteiger partial charge in [-0.15, -0.1) is 11.3 Å². The van der Waals surface area contributed by atoms with Gasteiger partial charge in [0.15, 0.2) is 0 Å². The molecule has 3 heteroatoms. The number of benzene rings is 1. The second kappa shape index (κ2) is 5.94. The molecule has 1 nitrogen and oxygen atoms in total. The zero-order valence-electron chi connectivity index (χ0n) is 9.82. The van der Waals surface area contributed by atoms with Crippen LogP contribution in [0.1, 0.15) is 29.8 Å². The van der Waals surface area contributed by atoms with Crippen molar-refractivity contribution in [3.8, 4) is 0 Å². The summed E-state index contributed by atoms with van der Waals surface area (Å²) in [6, 6.07) is 11.3. The maximum atomic E-state index is 12.8. The maximum absolute atomic E-state index is 12.8. The van der Waals surface area contributed by atoms with Gasteiger partial charge in [0, 0.05) is 17.5 Å². The van der Waals surface area contributed by atoms with E-state index in [0.717, 1.165) is 18.5 Å². The van der Waals surface area contributed by atoms with E-state index in [1.165, 1.54) is 17.0 Å². The van der Waals surface area contributed by atoms with Crippen LogP contribution in [0.25, 0.3) is 0 Å². The van der Waals surface area contributed by atoms with Gasteiger partial charge in [-0.2, -0.15) is 0 Å². The van der Waals surface area contributed by atoms with Crippen LogP contribution in [0.4, 0.5) is 4.39 Å². The second-order valence-electron chi connectivity index (χ2n) is 3.98. The highest BCUT2D eigenvalue weighted by molar-refractivity contribution is 7.10. The Balaban J connectivity index is 1.94. The fraction of sp³-hybridized carbons (Fsp3) is 0.286. The van der Waals surface area contributed by atoms with Crippen LogP contribution in [0.15, 0.2) is 41.8 Å². The van der Waals surface area contributed by atoms with Gasteiger partial charge in [0.25, 0.3) is 0 Å². The molecule has 0 spiro atoms. The van der Waals surface area contributed by atoms with Crippen LogP contribution in [-0.2, 0) is 6.54 Å². The number of rotatable bonds is 5. The SMILES string of the molecule is CCC(NCc1ccc(F)cc1)c1cccs1. The number of hydrogen-bond acceptors (Lipinski definition) is 2. The molecular weight excluding hydrogens is 233 g/mol. The van der Waals surface area contributed by atoms with Crippen LogP contribution in [0.2, 0.25) is 0 Å². The Labute approximate surface area is 105 Å². The first kappa shape index (κ1) is 12.3. The molecule has 0 saturated carbocycles. The van der Waals surface area contributed by atoms with E-state index in [-0.39, 0.29) is 5.82 Å². The Kier molecular flexibility index (Phi) is 4.29. The van der Waals surface area contributed by atoms with E-state index in [4.69, 9.17) is 0 Å². The lowest BCUT2D eigenvalue weighted by Crippen LogP contribution is -2.19. The Morgan fingerprint density at radius 3 is 2.59 bits per heavy atom. The van der Waals surface area contributed by atoms with Crippen molar-refractivity contribution in [2.75, 3.05) is 0 Å². The predicted molar refractivity (Wildman–Crippen MR) is 70.6 cm³/mol. The molecule has 0 saturated heterocycles. The molecule has 0 aliphatic carbocycles. The lowest BCUT2D eigenvalue weighted by molar-refractivity contribution is 0.526. The minimum absolute atomic E-state index is 0.181. The van der Waals surface area contributed by atoms with Crippen LogP contribution < -0.4 is 5.32 Å². The molecule has 2 aromatic rings. The van der Waals surface area contributed by atoms with E-state index in [1.54, 1.807) is 11.3 Å². The molecule has 0 aliphatic heterocycles. The van der Waals surface area contributed by atoms with Gasteiger partial charge in [0.2, 0.25) is 0 Å². The van der Waals surface area contributed by atoms with Crippen molar-refractivity contribution in [1.29, 1.82) is 0 Å². The average molecular weight is 249 g/mol. The fourth-order valence-electron chi connectivity index (χ4n) is 1.78. The van der Waals surface area contributed by atoms with E-state index in [0.29, 0.717) is 6.04 Å². The molecule has 2 rings (SSSR count). The first-order chi connectivity index (χ1) is 8.29. The van der Waals surface area contributed by atoms with Gasteiger partial charge < -0.3 is 5.32 Å². The lowest BCUT2D eigenvalue weighted by Gasteiger charge is -2.15. The molecule has 1 N–H and O–H groups in total. The molecule has 0 fully saturated rings. The molecule has 1 aromatic heterocycles. The van der Waals surface area contributed by atoms with E-state index in [1.807, 2.05) is 12.1 Å². The van der Waals surface area contributed by atoms with Crippen molar-refractivity contribution in [2.45, 2.75) is 25.9 Å². The highest BCUT2D eigenvalue weighted by Crippen LogP contribution is 2.22. The van der Waals surface area contributed by atoms with Gasteiger partial charge >= 0.3 is 0 Å². The van der Waals surface area contributed by atoms with Crippen LogP contribution in [0, 0.1) is 5.82 Å². The van der Waals surface area contributed by atoms with Gasteiger partial charge in [-0.05, 0) is 35.6 Å². The van der Waals surface area contributed by atoms with E-state index >= 15 is 0 Å². The van der Waals surface area contributed by atoms with Gasteiger partial charge in [-0.1, -0.05) is 25.1 Å². The van der Waals surface area contributed by atoms with E-state index in [9.17, 15) is 4.39 Å². The molecule has 0 amide bonds. The highest BCUT2D eigenvalue weighted by atomic mass is 32.1. The first-order valence-corrected chi connectivity index (χ1v) is 6.68. The summed E-state index contributed by atoms with van der Waals surface area (Å²) in [5.74, 6) is -0.181. The molecule has 0 aliphatic rings. The van der Waals surface area contributed by atoms with Crippen molar-refractivity contribution in [3.63, 3.8) is 0 Å². The summed E-state index contributed by atoms with van der Waals surface area (Å²) in [4.78, 5) is 1.36. The average Bonchev–Trinajstić information content (AvgIpc) is 2.86. The minimum atomic E-state index is -0.181. The zero-order chi connectivity index (χ0) is 12.1. The summed E-state index contributed by atoms with van der Waals surface area (Å²) in [5.41, 5.74) is 1.11. The summed E-state index contributed by atoms with van der Waals surface area (Å²) in [6.45, 7) is 2.94. The van der Waals surface area contributed by atoms with Crippen LogP contribution in [0.3, 0.4) is 0 Å². The normalized spacial score (nSPS) is 12.6. The predicted octanol–water partition coefficient (Wildman–Crippen LogP) is 4.13. The third-order valence-corrected chi connectivity index (χ3v) is 3.75. The quantitative estimate of drug-likeness (QED) is 0.840. The topological polar surface area (TPSA) is 12.0 Å². The van der Waals surface area contributed by atoms with Gasteiger partial charge in [-0.25, -0.2) is 4.39 Å². The standard InChI is InChI=1S/C14H16FNS/c1-2-13(14-4-3-9-17-14)16-10-11-5-7-12(15)8-6-11/h3-9,13,16H,2,10H2,1H3. The van der Waals surface area contributed by atoms with Crippen molar-refractivity contribution in [2.24, 2.45) is 0 Å². The second-order valence-corrected chi connectivity index (χ2v) is 4.96. The minimum Gasteiger partial charge on any atom is -0.305 e. The monoisotopic (exact) mass is 249 g/mol. The lowest BCUT2D eigenvalue weighted by atomic mass is 10.1. The summed E-state index contributed by atoms with van der Waals surface area (Å²) < 4.78 is 12.8. The summed E-state index contributed by atoms with van der Waals surface area (Å²) in [7, 11) is 0. The van der Waals surface area contributed by atoms with Crippen LogP contribution in [-0.4, -0.2) is 0 Å². The Hall–Kier alpha value is -1.19. The molecule has 0 bridgehead atoms. The van der Waals surface area contributed by atoms with E-state index in [2.05, 4.69) is 29.8 Å². The third kappa shape index (κ3) is 3.38. The van der Waals surface area contributed by atoms with Crippen molar-refractivity contribution in [1.82, 2.24) is 5.32 Å². The van der Waals surface area contributed by atoms with Gasteiger partial charge in [0.05, 0.1) is 0 Å². The molecule has 17 heavy (non-hydrogen) atoms. The molecule has 1 aromatic carbocycles. The number of nitrogens with one attached hydrogen (secondary N) is 1. The highest BCUT2D eigenvalue weighted by Gasteiger charge is 2.09. The molecule has 0 radical (unpaired) electrons. The summed E-state index contributed by atoms with van der Waals surface area (Å²) >= 11 is 1.77. The first-order valence-electron chi connectivity index (χ1n) is 5.81. The van der Waals surface area contributed by atoms with Gasteiger partial charge in [-0.3, -0.25) is 0 Å². The van der Waals surface area contributed by atoms with Crippen LogP contribution in [0.5, 0.6) is 0 Å². The van der Waals surface area contributed by atoms with Crippen molar-refractivity contribution >= 4 is 11.3 Å².